The van der Waals surface area contributed by atoms with Crippen LogP contribution in [0.1, 0.15) is 12.0 Å². The molecule has 1 aromatic rings. The molecule has 1 rings (SSSR count). The predicted molar refractivity (Wildman–Crippen MR) is 72.1 cm³/mol. The number of ether oxygens (including phenoxy) is 1. The molecule has 1 aromatic carbocycles. The molecule has 0 bridgehead atoms. The lowest BCUT2D eigenvalue weighted by Crippen LogP contribution is -2.31. The van der Waals surface area contributed by atoms with Crippen LogP contribution in [0.15, 0.2) is 30.3 Å². The van der Waals surface area contributed by atoms with Gasteiger partial charge in [0.2, 0.25) is 0 Å². The molecule has 0 atom stereocenters. The topological polar surface area (TPSA) is 38.5 Å². The Hall–Kier alpha value is -0.900. The molecule has 0 radical (unpaired) electrons. The molecule has 0 saturated carbocycles. The lowest BCUT2D eigenvalue weighted by molar-refractivity contribution is 0.148. The van der Waals surface area contributed by atoms with E-state index in [2.05, 4.69) is 35.2 Å². The summed E-state index contributed by atoms with van der Waals surface area (Å²) in [4.78, 5) is 2.42. The van der Waals surface area contributed by atoms with Crippen molar-refractivity contribution < 1.29 is 4.74 Å². The number of hydrogen-bond acceptors (Lipinski definition) is 3. The molecule has 0 aliphatic rings. The minimum absolute atomic E-state index is 0.759. The summed E-state index contributed by atoms with van der Waals surface area (Å²) in [5.41, 5.74) is 6.95. The summed E-state index contributed by atoms with van der Waals surface area (Å²) in [5, 5.41) is 0. The van der Waals surface area contributed by atoms with Crippen LogP contribution in [0.2, 0.25) is 0 Å². The fourth-order valence-corrected chi connectivity index (χ4v) is 1.80. The SMILES string of the molecule is COCCN(CCCN)CCc1ccccc1. The van der Waals surface area contributed by atoms with Gasteiger partial charge in [-0.15, -0.1) is 0 Å². The second kappa shape index (κ2) is 9.16. The van der Waals surface area contributed by atoms with Crippen LogP contribution in [0.5, 0.6) is 0 Å². The minimum Gasteiger partial charge on any atom is -0.383 e. The van der Waals surface area contributed by atoms with Crippen LogP contribution in [0.3, 0.4) is 0 Å². The molecule has 17 heavy (non-hydrogen) atoms. The highest BCUT2D eigenvalue weighted by Crippen LogP contribution is 2.02. The van der Waals surface area contributed by atoms with Crippen LogP contribution in [-0.2, 0) is 11.2 Å². The van der Waals surface area contributed by atoms with Gasteiger partial charge in [-0.25, -0.2) is 0 Å². The summed E-state index contributed by atoms with van der Waals surface area (Å²) < 4.78 is 5.13. The largest absolute Gasteiger partial charge is 0.383 e. The van der Waals surface area contributed by atoms with Crippen molar-refractivity contribution in [2.24, 2.45) is 5.73 Å². The fourth-order valence-electron chi connectivity index (χ4n) is 1.80. The number of rotatable bonds is 9. The maximum absolute atomic E-state index is 5.55. The number of benzene rings is 1. The summed E-state index contributed by atoms with van der Waals surface area (Å²) in [5.74, 6) is 0. The molecule has 2 N–H and O–H groups in total. The second-order valence-electron chi connectivity index (χ2n) is 4.21. The molecule has 0 aliphatic carbocycles. The predicted octanol–water partition coefficient (Wildman–Crippen LogP) is 1.53. The van der Waals surface area contributed by atoms with Gasteiger partial charge in [0.15, 0.2) is 0 Å². The number of nitrogens with two attached hydrogens (primary N) is 1. The van der Waals surface area contributed by atoms with E-state index < -0.39 is 0 Å². The lowest BCUT2D eigenvalue weighted by atomic mass is 10.1. The second-order valence-corrected chi connectivity index (χ2v) is 4.21. The molecular weight excluding hydrogens is 212 g/mol. The van der Waals surface area contributed by atoms with Crippen LogP contribution in [0.25, 0.3) is 0 Å². The molecule has 0 amide bonds. The van der Waals surface area contributed by atoms with Gasteiger partial charge in [-0.3, -0.25) is 0 Å². The van der Waals surface area contributed by atoms with Crippen LogP contribution >= 0.6 is 0 Å². The average Bonchev–Trinajstić information content (AvgIpc) is 2.39. The van der Waals surface area contributed by atoms with Gasteiger partial charge >= 0.3 is 0 Å². The van der Waals surface area contributed by atoms with E-state index in [-0.39, 0.29) is 0 Å². The monoisotopic (exact) mass is 236 g/mol. The van der Waals surface area contributed by atoms with E-state index in [1.807, 2.05) is 0 Å². The third-order valence-electron chi connectivity index (χ3n) is 2.85. The van der Waals surface area contributed by atoms with Gasteiger partial charge in [0.25, 0.3) is 0 Å². The summed E-state index contributed by atoms with van der Waals surface area (Å²) in [6, 6.07) is 10.6. The van der Waals surface area contributed by atoms with E-state index in [0.717, 1.165) is 45.6 Å². The third-order valence-corrected chi connectivity index (χ3v) is 2.85. The Morgan fingerprint density at radius 3 is 2.53 bits per heavy atom. The first kappa shape index (κ1) is 14.2. The Labute approximate surface area is 105 Å². The standard InChI is InChI=1S/C14H24N2O/c1-17-13-12-16(10-5-9-15)11-8-14-6-3-2-4-7-14/h2-4,6-7H,5,8-13,15H2,1H3. The van der Waals surface area contributed by atoms with Gasteiger partial charge in [-0.1, -0.05) is 30.3 Å². The quantitative estimate of drug-likeness (QED) is 0.706. The lowest BCUT2D eigenvalue weighted by Gasteiger charge is -2.21. The minimum atomic E-state index is 0.759. The molecule has 0 heterocycles. The first-order chi connectivity index (χ1) is 8.36. The molecule has 3 heteroatoms. The number of hydrogen-bond donors (Lipinski definition) is 1. The van der Waals surface area contributed by atoms with Crippen molar-refractivity contribution in [3.63, 3.8) is 0 Å². The van der Waals surface area contributed by atoms with E-state index in [0.29, 0.717) is 0 Å². The van der Waals surface area contributed by atoms with Crippen molar-refractivity contribution in [3.05, 3.63) is 35.9 Å². The molecule has 0 aromatic heterocycles. The van der Waals surface area contributed by atoms with E-state index in [1.165, 1.54) is 5.56 Å². The van der Waals surface area contributed by atoms with Crippen molar-refractivity contribution in [1.29, 1.82) is 0 Å². The van der Waals surface area contributed by atoms with Crippen LogP contribution < -0.4 is 5.73 Å². The van der Waals surface area contributed by atoms with Crippen molar-refractivity contribution in [1.82, 2.24) is 4.90 Å². The van der Waals surface area contributed by atoms with Crippen molar-refractivity contribution in [2.75, 3.05) is 39.9 Å². The number of methoxy groups -OCH3 is 1. The first-order valence-electron chi connectivity index (χ1n) is 6.32. The highest BCUT2D eigenvalue weighted by Gasteiger charge is 2.04. The van der Waals surface area contributed by atoms with Crippen LogP contribution in [-0.4, -0.2) is 44.8 Å². The Balaban J connectivity index is 2.31. The number of nitrogens with zero attached hydrogens (tertiary/aromatic N) is 1. The van der Waals surface area contributed by atoms with Gasteiger partial charge in [-0.05, 0) is 31.5 Å². The zero-order chi connectivity index (χ0) is 12.3. The van der Waals surface area contributed by atoms with Crippen molar-refractivity contribution >= 4 is 0 Å². The summed E-state index contributed by atoms with van der Waals surface area (Å²) >= 11 is 0. The highest BCUT2D eigenvalue weighted by molar-refractivity contribution is 5.14. The van der Waals surface area contributed by atoms with E-state index in [9.17, 15) is 0 Å². The molecule has 0 aliphatic heterocycles. The van der Waals surface area contributed by atoms with E-state index in [1.54, 1.807) is 7.11 Å². The highest BCUT2D eigenvalue weighted by atomic mass is 16.5. The van der Waals surface area contributed by atoms with Crippen molar-refractivity contribution in [2.45, 2.75) is 12.8 Å². The van der Waals surface area contributed by atoms with E-state index >= 15 is 0 Å². The molecule has 3 nitrogen and oxygen atoms in total. The zero-order valence-electron chi connectivity index (χ0n) is 10.8. The average molecular weight is 236 g/mol. The van der Waals surface area contributed by atoms with Crippen LogP contribution in [0.4, 0.5) is 0 Å². The summed E-state index contributed by atoms with van der Waals surface area (Å²) in [6.07, 6.45) is 2.15. The molecule has 0 spiro atoms. The van der Waals surface area contributed by atoms with Crippen LogP contribution in [0, 0.1) is 0 Å². The smallest absolute Gasteiger partial charge is 0.0589 e. The maximum atomic E-state index is 5.55. The summed E-state index contributed by atoms with van der Waals surface area (Å²) in [7, 11) is 1.75. The molecule has 0 unspecified atom stereocenters. The molecule has 96 valence electrons. The van der Waals surface area contributed by atoms with Crippen molar-refractivity contribution in [3.8, 4) is 0 Å². The Kier molecular flexibility index (Phi) is 7.63. The van der Waals surface area contributed by atoms with Gasteiger partial charge in [-0.2, -0.15) is 0 Å². The van der Waals surface area contributed by atoms with Gasteiger partial charge in [0, 0.05) is 20.2 Å². The van der Waals surface area contributed by atoms with Gasteiger partial charge in [0.05, 0.1) is 6.61 Å². The Morgan fingerprint density at radius 1 is 1.12 bits per heavy atom. The summed E-state index contributed by atoms with van der Waals surface area (Å²) in [6.45, 7) is 4.68. The Bertz CT molecular complexity index is 269. The molecular formula is C14H24N2O. The zero-order valence-corrected chi connectivity index (χ0v) is 10.8. The Morgan fingerprint density at radius 2 is 1.88 bits per heavy atom. The third kappa shape index (κ3) is 6.41. The first-order valence-corrected chi connectivity index (χ1v) is 6.32. The molecule has 0 saturated heterocycles. The maximum Gasteiger partial charge on any atom is 0.0589 e. The fraction of sp³-hybridized carbons (Fsp3) is 0.571. The van der Waals surface area contributed by atoms with Gasteiger partial charge < -0.3 is 15.4 Å². The normalized spacial score (nSPS) is 11.0. The van der Waals surface area contributed by atoms with E-state index in [4.69, 9.17) is 10.5 Å². The van der Waals surface area contributed by atoms with Gasteiger partial charge in [0.1, 0.15) is 0 Å². The molecule has 0 fully saturated rings.